The maximum absolute atomic E-state index is 5.86. The molecule has 0 fully saturated rings. The lowest BCUT2D eigenvalue weighted by Crippen LogP contribution is -2.26. The lowest BCUT2D eigenvalue weighted by Gasteiger charge is -2.13. The molecule has 1 aromatic heterocycles. The highest BCUT2D eigenvalue weighted by molar-refractivity contribution is 7.16. The van der Waals surface area contributed by atoms with E-state index in [2.05, 4.69) is 18.3 Å². The molecule has 0 bridgehead atoms. The lowest BCUT2D eigenvalue weighted by molar-refractivity contribution is 0.517. The molecular formula is C10H16ClNS. The van der Waals surface area contributed by atoms with Gasteiger partial charge in [0.25, 0.3) is 0 Å². The fraction of sp³-hybridized carbons (Fsp3) is 0.600. The molecule has 74 valence electrons. The summed E-state index contributed by atoms with van der Waals surface area (Å²) in [4.78, 5) is 1.37. The maximum atomic E-state index is 5.86. The maximum Gasteiger partial charge on any atom is 0.0931 e. The summed E-state index contributed by atoms with van der Waals surface area (Å²) in [6, 6.07) is 4.69. The van der Waals surface area contributed by atoms with E-state index < -0.39 is 0 Å². The van der Waals surface area contributed by atoms with Crippen LogP contribution in [0.2, 0.25) is 4.34 Å². The van der Waals surface area contributed by atoms with Gasteiger partial charge in [0.15, 0.2) is 0 Å². The van der Waals surface area contributed by atoms with E-state index in [1.807, 2.05) is 13.1 Å². The van der Waals surface area contributed by atoms with Crippen molar-refractivity contribution in [3.8, 4) is 0 Å². The first-order valence-electron chi connectivity index (χ1n) is 4.67. The van der Waals surface area contributed by atoms with Crippen LogP contribution in [0.25, 0.3) is 0 Å². The van der Waals surface area contributed by atoms with Crippen molar-refractivity contribution < 1.29 is 0 Å². The van der Waals surface area contributed by atoms with Crippen LogP contribution in [0.15, 0.2) is 12.1 Å². The largest absolute Gasteiger partial charge is 0.317 e. The minimum atomic E-state index is 0.597. The zero-order valence-electron chi connectivity index (χ0n) is 8.14. The van der Waals surface area contributed by atoms with E-state index in [1.165, 1.54) is 17.7 Å². The molecule has 0 saturated carbocycles. The van der Waals surface area contributed by atoms with Gasteiger partial charge in [0.1, 0.15) is 0 Å². The third-order valence-corrected chi connectivity index (χ3v) is 3.38. The number of likely N-dealkylation sites (N-methyl/N-ethyl adjacent to an activating group) is 1. The summed E-state index contributed by atoms with van der Waals surface area (Å²) in [5, 5.41) is 3.32. The summed E-state index contributed by atoms with van der Waals surface area (Å²) in [6.07, 6.45) is 3.55. The Kier molecular flexibility index (Phi) is 4.78. The molecule has 0 aliphatic carbocycles. The zero-order chi connectivity index (χ0) is 9.68. The van der Waals surface area contributed by atoms with Gasteiger partial charge in [-0.15, -0.1) is 11.3 Å². The van der Waals surface area contributed by atoms with E-state index in [1.54, 1.807) is 11.3 Å². The van der Waals surface area contributed by atoms with Crippen molar-refractivity contribution in [3.63, 3.8) is 0 Å². The average molecular weight is 218 g/mol. The van der Waals surface area contributed by atoms with Crippen LogP contribution in [-0.2, 0) is 6.42 Å². The second-order valence-corrected chi connectivity index (χ2v) is 4.98. The standard InChI is InChI=1S/C10H16ClNS/c1-3-4-8(12-2)7-9-5-6-10(11)13-9/h5-6,8,12H,3-4,7H2,1-2H3. The first-order valence-corrected chi connectivity index (χ1v) is 5.87. The Morgan fingerprint density at radius 1 is 1.54 bits per heavy atom. The number of thiophene rings is 1. The fourth-order valence-electron chi connectivity index (χ4n) is 1.40. The molecule has 1 rings (SSSR count). The number of hydrogen-bond acceptors (Lipinski definition) is 2. The summed E-state index contributed by atoms with van der Waals surface area (Å²) in [5.74, 6) is 0. The highest BCUT2D eigenvalue weighted by atomic mass is 35.5. The van der Waals surface area contributed by atoms with E-state index in [9.17, 15) is 0 Å². The predicted molar refractivity (Wildman–Crippen MR) is 60.8 cm³/mol. The molecule has 1 nitrogen and oxygen atoms in total. The van der Waals surface area contributed by atoms with E-state index in [0.717, 1.165) is 10.8 Å². The lowest BCUT2D eigenvalue weighted by atomic mass is 10.1. The normalized spacial score (nSPS) is 13.2. The molecule has 0 radical (unpaired) electrons. The highest BCUT2D eigenvalue weighted by Gasteiger charge is 2.07. The summed E-state index contributed by atoms with van der Waals surface area (Å²) in [6.45, 7) is 2.21. The van der Waals surface area contributed by atoms with Gasteiger partial charge in [-0.2, -0.15) is 0 Å². The molecule has 1 N–H and O–H groups in total. The minimum absolute atomic E-state index is 0.597. The van der Waals surface area contributed by atoms with Crippen LogP contribution in [-0.4, -0.2) is 13.1 Å². The SMILES string of the molecule is CCCC(Cc1ccc(Cl)s1)NC. The average Bonchev–Trinajstić information content (AvgIpc) is 2.50. The second-order valence-electron chi connectivity index (χ2n) is 3.18. The summed E-state index contributed by atoms with van der Waals surface area (Å²) in [5.41, 5.74) is 0. The van der Waals surface area contributed by atoms with Crippen molar-refractivity contribution in [1.29, 1.82) is 0 Å². The molecule has 3 heteroatoms. The number of hydrogen-bond donors (Lipinski definition) is 1. The van der Waals surface area contributed by atoms with Gasteiger partial charge in [-0.1, -0.05) is 24.9 Å². The van der Waals surface area contributed by atoms with Crippen molar-refractivity contribution in [2.75, 3.05) is 7.05 Å². The van der Waals surface area contributed by atoms with Crippen molar-refractivity contribution in [2.24, 2.45) is 0 Å². The summed E-state index contributed by atoms with van der Waals surface area (Å²) >= 11 is 7.54. The molecule has 0 saturated heterocycles. The van der Waals surface area contributed by atoms with Gasteiger partial charge in [-0.05, 0) is 32.0 Å². The molecule has 1 heterocycles. The Labute approximate surface area is 89.1 Å². The topological polar surface area (TPSA) is 12.0 Å². The van der Waals surface area contributed by atoms with Gasteiger partial charge in [-0.25, -0.2) is 0 Å². The van der Waals surface area contributed by atoms with E-state index >= 15 is 0 Å². The monoisotopic (exact) mass is 217 g/mol. The Bertz CT molecular complexity index is 247. The van der Waals surface area contributed by atoms with E-state index in [-0.39, 0.29) is 0 Å². The molecule has 0 aliphatic heterocycles. The first kappa shape index (κ1) is 11.0. The quantitative estimate of drug-likeness (QED) is 0.798. The molecule has 13 heavy (non-hydrogen) atoms. The molecule has 1 unspecified atom stereocenters. The summed E-state index contributed by atoms with van der Waals surface area (Å²) < 4.78 is 0.890. The second kappa shape index (κ2) is 5.63. The third-order valence-electron chi connectivity index (χ3n) is 2.12. The molecule has 1 atom stereocenters. The number of nitrogens with one attached hydrogen (secondary N) is 1. The summed E-state index contributed by atoms with van der Waals surface area (Å²) in [7, 11) is 2.02. The smallest absolute Gasteiger partial charge is 0.0931 e. The van der Waals surface area contributed by atoms with Crippen LogP contribution in [0, 0.1) is 0 Å². The Morgan fingerprint density at radius 2 is 2.31 bits per heavy atom. The highest BCUT2D eigenvalue weighted by Crippen LogP contribution is 2.23. The molecule has 0 aliphatic rings. The Morgan fingerprint density at radius 3 is 2.77 bits per heavy atom. The molecule has 0 spiro atoms. The van der Waals surface area contributed by atoms with E-state index in [0.29, 0.717) is 6.04 Å². The van der Waals surface area contributed by atoms with Crippen molar-refractivity contribution in [1.82, 2.24) is 5.32 Å². The van der Waals surface area contributed by atoms with Gasteiger partial charge in [0.2, 0.25) is 0 Å². The Hall–Kier alpha value is -0.0500. The Balaban J connectivity index is 2.46. The van der Waals surface area contributed by atoms with Gasteiger partial charge in [0, 0.05) is 10.9 Å². The van der Waals surface area contributed by atoms with Crippen LogP contribution >= 0.6 is 22.9 Å². The van der Waals surface area contributed by atoms with Gasteiger partial charge in [0.05, 0.1) is 4.34 Å². The number of rotatable bonds is 5. The molecule has 1 aromatic rings. The van der Waals surface area contributed by atoms with Gasteiger partial charge >= 0.3 is 0 Å². The molecular weight excluding hydrogens is 202 g/mol. The van der Waals surface area contributed by atoms with Crippen molar-refractivity contribution in [2.45, 2.75) is 32.2 Å². The van der Waals surface area contributed by atoms with Crippen molar-refractivity contribution >= 4 is 22.9 Å². The first-order chi connectivity index (χ1) is 6.26. The minimum Gasteiger partial charge on any atom is -0.317 e. The van der Waals surface area contributed by atoms with E-state index in [4.69, 9.17) is 11.6 Å². The number of halogens is 1. The van der Waals surface area contributed by atoms with Crippen LogP contribution in [0.5, 0.6) is 0 Å². The molecule has 0 aromatic carbocycles. The van der Waals surface area contributed by atoms with Crippen LogP contribution in [0.3, 0.4) is 0 Å². The van der Waals surface area contributed by atoms with Gasteiger partial charge < -0.3 is 5.32 Å². The van der Waals surface area contributed by atoms with Crippen molar-refractivity contribution in [3.05, 3.63) is 21.3 Å². The molecule has 0 amide bonds. The van der Waals surface area contributed by atoms with Crippen LogP contribution in [0.1, 0.15) is 24.6 Å². The van der Waals surface area contributed by atoms with Crippen LogP contribution < -0.4 is 5.32 Å². The van der Waals surface area contributed by atoms with Gasteiger partial charge in [-0.3, -0.25) is 0 Å². The third kappa shape index (κ3) is 3.67. The predicted octanol–water partition coefficient (Wildman–Crippen LogP) is 3.33. The fourth-order valence-corrected chi connectivity index (χ4v) is 2.57. The zero-order valence-corrected chi connectivity index (χ0v) is 9.71. The van der Waals surface area contributed by atoms with Crippen LogP contribution in [0.4, 0.5) is 0 Å².